The molecule has 118 valence electrons. The zero-order chi connectivity index (χ0) is 16.3. The van der Waals surface area contributed by atoms with Crippen LogP contribution in [0, 0.1) is 0 Å². The Morgan fingerprint density at radius 1 is 1.36 bits per heavy atom. The van der Waals surface area contributed by atoms with Crippen LogP contribution in [0.1, 0.15) is 43.6 Å². The number of carbonyl (C=O) groups is 1. The second kappa shape index (κ2) is 6.48. The van der Waals surface area contributed by atoms with Crippen LogP contribution in [0.15, 0.2) is 23.4 Å². The van der Waals surface area contributed by atoms with Gasteiger partial charge in [-0.1, -0.05) is 11.8 Å². The van der Waals surface area contributed by atoms with Gasteiger partial charge in [-0.3, -0.25) is 4.79 Å². The van der Waals surface area contributed by atoms with Gasteiger partial charge >= 0.3 is 0 Å². The maximum Gasteiger partial charge on any atom is 0.210 e. The maximum atomic E-state index is 11.5. The minimum atomic E-state index is -0.183. The van der Waals surface area contributed by atoms with Gasteiger partial charge < -0.3 is 4.74 Å². The normalized spacial score (nSPS) is 11.5. The van der Waals surface area contributed by atoms with Gasteiger partial charge in [0.1, 0.15) is 5.75 Å². The highest BCUT2D eigenvalue weighted by atomic mass is 32.2. The van der Waals surface area contributed by atoms with Crippen molar-refractivity contribution in [3.63, 3.8) is 0 Å². The van der Waals surface area contributed by atoms with Gasteiger partial charge in [0, 0.05) is 16.9 Å². The molecule has 0 aliphatic carbocycles. The lowest BCUT2D eigenvalue weighted by Crippen LogP contribution is -2.24. The lowest BCUT2D eigenvalue weighted by molar-refractivity contribution is 0.101. The summed E-state index contributed by atoms with van der Waals surface area (Å²) in [6.07, 6.45) is 0. The van der Waals surface area contributed by atoms with Gasteiger partial charge in [-0.05, 0) is 56.3 Å². The van der Waals surface area contributed by atoms with E-state index in [-0.39, 0.29) is 11.3 Å². The Labute approximate surface area is 134 Å². The molecule has 0 bridgehead atoms. The van der Waals surface area contributed by atoms with Crippen molar-refractivity contribution < 1.29 is 9.53 Å². The van der Waals surface area contributed by atoms with E-state index in [0.717, 1.165) is 16.5 Å². The van der Waals surface area contributed by atoms with Crippen molar-refractivity contribution in [2.75, 3.05) is 7.11 Å². The molecule has 2 aromatic rings. The minimum Gasteiger partial charge on any atom is -0.496 e. The van der Waals surface area contributed by atoms with Gasteiger partial charge in [-0.25, -0.2) is 4.68 Å². The summed E-state index contributed by atoms with van der Waals surface area (Å²) >= 11 is 1.52. The summed E-state index contributed by atoms with van der Waals surface area (Å²) in [7, 11) is 1.62. The Bertz CT molecular complexity index is 676. The molecule has 0 saturated heterocycles. The second-order valence-electron chi connectivity index (χ2n) is 5.92. The second-order valence-corrected chi connectivity index (χ2v) is 6.86. The number of aromatic nitrogens is 4. The van der Waals surface area contributed by atoms with Gasteiger partial charge in [-0.15, -0.1) is 5.10 Å². The molecule has 0 aliphatic heterocycles. The van der Waals surface area contributed by atoms with Crippen molar-refractivity contribution in [3.05, 3.63) is 29.3 Å². The Kier molecular flexibility index (Phi) is 4.85. The lowest BCUT2D eigenvalue weighted by Gasteiger charge is -2.19. The van der Waals surface area contributed by atoms with E-state index in [1.807, 2.05) is 32.9 Å². The third kappa shape index (κ3) is 3.65. The molecule has 0 N–H and O–H groups in total. The molecule has 0 saturated carbocycles. The number of methoxy groups -OCH3 is 1. The number of hydrogen-bond donors (Lipinski definition) is 0. The number of rotatable bonds is 5. The van der Waals surface area contributed by atoms with Gasteiger partial charge in [0.15, 0.2) is 5.78 Å². The van der Waals surface area contributed by atoms with Crippen molar-refractivity contribution in [2.24, 2.45) is 0 Å². The van der Waals surface area contributed by atoms with Gasteiger partial charge in [0.25, 0.3) is 0 Å². The summed E-state index contributed by atoms with van der Waals surface area (Å²) in [6, 6.07) is 5.45. The number of carbonyl (C=O) groups excluding carboxylic acids is 1. The number of benzene rings is 1. The van der Waals surface area contributed by atoms with E-state index in [1.54, 1.807) is 24.8 Å². The Morgan fingerprint density at radius 2 is 2.09 bits per heavy atom. The Hall–Kier alpha value is -1.89. The molecule has 0 spiro atoms. The Balaban J connectivity index is 2.23. The van der Waals surface area contributed by atoms with Gasteiger partial charge in [0.05, 0.1) is 12.6 Å². The van der Waals surface area contributed by atoms with Crippen molar-refractivity contribution in [1.82, 2.24) is 20.2 Å². The average Bonchev–Trinajstić information content (AvgIpc) is 2.93. The first-order chi connectivity index (χ1) is 10.3. The summed E-state index contributed by atoms with van der Waals surface area (Å²) in [5.74, 6) is 1.42. The van der Waals surface area contributed by atoms with Crippen LogP contribution in [-0.2, 0) is 11.3 Å². The molecule has 2 rings (SSSR count). The fourth-order valence-electron chi connectivity index (χ4n) is 1.94. The predicted octanol–water partition coefficient (Wildman–Crippen LogP) is 2.93. The molecule has 0 fully saturated rings. The number of tetrazole rings is 1. The molecular weight excluding hydrogens is 300 g/mol. The van der Waals surface area contributed by atoms with Crippen LogP contribution >= 0.6 is 11.8 Å². The molecule has 0 unspecified atom stereocenters. The van der Waals surface area contributed by atoms with E-state index < -0.39 is 0 Å². The quantitative estimate of drug-likeness (QED) is 0.623. The lowest BCUT2D eigenvalue weighted by atomic mass is 10.1. The largest absolute Gasteiger partial charge is 0.496 e. The number of Topliss-reactive ketones (excluding diaryl/α,β-unsaturated/α-hetero) is 1. The van der Waals surface area contributed by atoms with Crippen LogP contribution in [0.3, 0.4) is 0 Å². The van der Waals surface area contributed by atoms with E-state index >= 15 is 0 Å². The molecule has 0 aliphatic rings. The van der Waals surface area contributed by atoms with Gasteiger partial charge in [0.2, 0.25) is 5.16 Å². The molecule has 6 nitrogen and oxygen atoms in total. The van der Waals surface area contributed by atoms with Crippen LogP contribution in [-0.4, -0.2) is 33.1 Å². The molecule has 0 atom stereocenters. The Morgan fingerprint density at radius 3 is 2.68 bits per heavy atom. The third-order valence-electron chi connectivity index (χ3n) is 3.12. The molecule has 1 heterocycles. The van der Waals surface area contributed by atoms with E-state index in [4.69, 9.17) is 4.74 Å². The van der Waals surface area contributed by atoms with Crippen molar-refractivity contribution in [1.29, 1.82) is 0 Å². The molecule has 0 radical (unpaired) electrons. The minimum absolute atomic E-state index is 0.0356. The highest BCUT2D eigenvalue weighted by Crippen LogP contribution is 2.29. The van der Waals surface area contributed by atoms with E-state index in [2.05, 4.69) is 15.5 Å². The van der Waals surface area contributed by atoms with Crippen LogP contribution in [0.5, 0.6) is 5.75 Å². The number of hydrogen-bond acceptors (Lipinski definition) is 6. The predicted molar refractivity (Wildman–Crippen MR) is 85.4 cm³/mol. The zero-order valence-electron chi connectivity index (χ0n) is 13.5. The summed E-state index contributed by atoms with van der Waals surface area (Å²) in [4.78, 5) is 11.5. The molecule has 1 aromatic heterocycles. The van der Waals surface area contributed by atoms with Gasteiger partial charge in [-0.2, -0.15) is 0 Å². The SMILES string of the molecule is COc1ccc(C(C)=O)cc1CSc1nnnn1C(C)(C)C. The first-order valence-electron chi connectivity index (χ1n) is 6.92. The fraction of sp³-hybridized carbons (Fsp3) is 0.467. The van der Waals surface area contributed by atoms with E-state index in [0.29, 0.717) is 11.3 Å². The molecule has 0 amide bonds. The molecule has 7 heteroatoms. The summed E-state index contributed by atoms with van der Waals surface area (Å²) in [6.45, 7) is 7.69. The first kappa shape index (κ1) is 16.5. The molecular formula is C15H20N4O2S. The van der Waals surface area contributed by atoms with E-state index in [9.17, 15) is 4.79 Å². The van der Waals surface area contributed by atoms with Crippen LogP contribution in [0.2, 0.25) is 0 Å². The average molecular weight is 320 g/mol. The number of ether oxygens (including phenoxy) is 1. The standard InChI is InChI=1S/C15H20N4O2S/c1-10(20)11-6-7-13(21-5)12(8-11)9-22-14-16-17-18-19(14)15(2,3)4/h6-8H,9H2,1-5H3. The van der Waals surface area contributed by atoms with Crippen LogP contribution in [0.4, 0.5) is 0 Å². The number of ketones is 1. The van der Waals surface area contributed by atoms with Crippen LogP contribution < -0.4 is 4.74 Å². The maximum absolute atomic E-state index is 11.5. The number of thioether (sulfide) groups is 1. The van der Waals surface area contributed by atoms with Crippen molar-refractivity contribution in [3.8, 4) is 5.75 Å². The molecule has 1 aromatic carbocycles. The zero-order valence-corrected chi connectivity index (χ0v) is 14.3. The third-order valence-corrected chi connectivity index (χ3v) is 4.09. The van der Waals surface area contributed by atoms with Crippen molar-refractivity contribution >= 4 is 17.5 Å². The topological polar surface area (TPSA) is 69.9 Å². The highest BCUT2D eigenvalue weighted by molar-refractivity contribution is 7.98. The van der Waals surface area contributed by atoms with E-state index in [1.165, 1.54) is 11.8 Å². The summed E-state index contributed by atoms with van der Waals surface area (Å²) < 4.78 is 7.16. The number of nitrogens with zero attached hydrogens (tertiary/aromatic N) is 4. The monoisotopic (exact) mass is 320 g/mol. The summed E-state index contributed by atoms with van der Waals surface area (Å²) in [5.41, 5.74) is 1.44. The smallest absolute Gasteiger partial charge is 0.210 e. The highest BCUT2D eigenvalue weighted by Gasteiger charge is 2.20. The first-order valence-corrected chi connectivity index (χ1v) is 7.91. The molecule has 22 heavy (non-hydrogen) atoms. The fourth-order valence-corrected chi connectivity index (χ4v) is 2.98. The summed E-state index contributed by atoms with van der Waals surface area (Å²) in [5, 5.41) is 12.6. The van der Waals surface area contributed by atoms with Crippen molar-refractivity contribution in [2.45, 2.75) is 44.1 Å². The van der Waals surface area contributed by atoms with Crippen LogP contribution in [0.25, 0.3) is 0 Å².